The van der Waals surface area contributed by atoms with Gasteiger partial charge in [-0.25, -0.2) is 4.99 Å². The SMILES string of the molecule is CC(C)(C)C1=NC(=O)C(C#N)C=C1. The van der Waals surface area contributed by atoms with E-state index < -0.39 is 5.92 Å². The largest absolute Gasteiger partial charge is 0.271 e. The quantitative estimate of drug-likeness (QED) is 0.564. The zero-order chi connectivity index (χ0) is 10.1. The van der Waals surface area contributed by atoms with Crippen molar-refractivity contribution in [2.45, 2.75) is 20.8 Å². The maximum absolute atomic E-state index is 11.2. The third kappa shape index (κ3) is 2.03. The van der Waals surface area contributed by atoms with Crippen LogP contribution in [0.2, 0.25) is 0 Å². The molecule has 0 aliphatic carbocycles. The highest BCUT2D eigenvalue weighted by Crippen LogP contribution is 2.21. The number of carbonyl (C=O) groups is 1. The van der Waals surface area contributed by atoms with Crippen LogP contribution in [-0.4, -0.2) is 11.6 Å². The molecule has 0 saturated heterocycles. The molecule has 1 aliphatic rings. The molecule has 0 radical (unpaired) electrons. The summed E-state index contributed by atoms with van der Waals surface area (Å²) in [6, 6.07) is 1.88. The molecule has 3 nitrogen and oxygen atoms in total. The number of rotatable bonds is 0. The van der Waals surface area contributed by atoms with E-state index in [-0.39, 0.29) is 11.3 Å². The van der Waals surface area contributed by atoms with Crippen molar-refractivity contribution >= 4 is 11.6 Å². The number of nitriles is 1. The summed E-state index contributed by atoms with van der Waals surface area (Å²) < 4.78 is 0. The second kappa shape index (κ2) is 3.14. The number of amides is 1. The second-order valence-corrected chi connectivity index (χ2v) is 4.05. The van der Waals surface area contributed by atoms with Gasteiger partial charge in [-0.15, -0.1) is 0 Å². The number of nitrogens with zero attached hydrogens (tertiary/aromatic N) is 2. The number of allylic oxidation sites excluding steroid dienone is 1. The number of dihydropyridines is 1. The highest BCUT2D eigenvalue weighted by molar-refractivity contribution is 6.09. The molecule has 0 N–H and O–H groups in total. The van der Waals surface area contributed by atoms with E-state index in [0.29, 0.717) is 0 Å². The number of hydrogen-bond acceptors (Lipinski definition) is 2. The van der Waals surface area contributed by atoms with Gasteiger partial charge in [0.25, 0.3) is 5.91 Å². The van der Waals surface area contributed by atoms with E-state index in [0.717, 1.165) is 5.71 Å². The highest BCUT2D eigenvalue weighted by Gasteiger charge is 2.24. The first kappa shape index (κ1) is 9.66. The monoisotopic (exact) mass is 176 g/mol. The van der Waals surface area contributed by atoms with Crippen LogP contribution in [0.15, 0.2) is 17.1 Å². The first-order valence-electron chi connectivity index (χ1n) is 4.16. The fourth-order valence-electron chi connectivity index (χ4n) is 1.01. The Balaban J connectivity index is 2.94. The van der Waals surface area contributed by atoms with Crippen molar-refractivity contribution in [2.75, 3.05) is 0 Å². The molecule has 13 heavy (non-hydrogen) atoms. The number of carbonyl (C=O) groups excluding carboxylic acids is 1. The molecule has 0 aromatic rings. The van der Waals surface area contributed by atoms with E-state index in [1.807, 2.05) is 26.8 Å². The van der Waals surface area contributed by atoms with Gasteiger partial charge in [-0.05, 0) is 6.08 Å². The van der Waals surface area contributed by atoms with Crippen LogP contribution in [0.1, 0.15) is 20.8 Å². The van der Waals surface area contributed by atoms with Crippen LogP contribution >= 0.6 is 0 Å². The van der Waals surface area contributed by atoms with Crippen molar-refractivity contribution in [1.29, 1.82) is 5.26 Å². The summed E-state index contributed by atoms with van der Waals surface area (Å²) in [6.45, 7) is 5.95. The lowest BCUT2D eigenvalue weighted by atomic mass is 9.87. The Hall–Kier alpha value is -1.43. The lowest BCUT2D eigenvalue weighted by Gasteiger charge is -2.20. The van der Waals surface area contributed by atoms with Crippen LogP contribution in [0.25, 0.3) is 0 Å². The van der Waals surface area contributed by atoms with Crippen LogP contribution in [0, 0.1) is 22.7 Å². The van der Waals surface area contributed by atoms with Crippen molar-refractivity contribution in [3.8, 4) is 6.07 Å². The summed E-state index contributed by atoms with van der Waals surface area (Å²) in [5, 5.41) is 8.56. The molecule has 0 bridgehead atoms. The lowest BCUT2D eigenvalue weighted by molar-refractivity contribution is -0.119. The molecular formula is C10H12N2O. The Labute approximate surface area is 77.8 Å². The van der Waals surface area contributed by atoms with Crippen molar-refractivity contribution in [1.82, 2.24) is 0 Å². The summed E-state index contributed by atoms with van der Waals surface area (Å²) in [6.07, 6.45) is 3.37. The van der Waals surface area contributed by atoms with E-state index in [2.05, 4.69) is 4.99 Å². The maximum Gasteiger partial charge on any atom is 0.267 e. The van der Waals surface area contributed by atoms with Crippen molar-refractivity contribution in [3.05, 3.63) is 12.2 Å². The predicted octanol–water partition coefficient (Wildman–Crippen LogP) is 1.71. The van der Waals surface area contributed by atoms with E-state index in [9.17, 15) is 4.79 Å². The van der Waals surface area contributed by atoms with E-state index in [4.69, 9.17) is 5.26 Å². The van der Waals surface area contributed by atoms with Crippen LogP contribution in [-0.2, 0) is 4.79 Å². The Morgan fingerprint density at radius 3 is 2.54 bits per heavy atom. The van der Waals surface area contributed by atoms with Crippen molar-refractivity contribution in [3.63, 3.8) is 0 Å². The Kier molecular flexibility index (Phi) is 2.33. The molecule has 1 amide bonds. The van der Waals surface area contributed by atoms with E-state index >= 15 is 0 Å². The summed E-state index contributed by atoms with van der Waals surface area (Å²) in [7, 11) is 0. The molecule has 3 heteroatoms. The first-order chi connectivity index (χ1) is 5.95. The fourth-order valence-corrected chi connectivity index (χ4v) is 1.01. The topological polar surface area (TPSA) is 53.2 Å². The molecule has 68 valence electrons. The number of aliphatic imine (C=N–C) groups is 1. The Morgan fingerprint density at radius 1 is 1.54 bits per heavy atom. The minimum Gasteiger partial charge on any atom is -0.271 e. The molecule has 0 spiro atoms. The number of hydrogen-bond donors (Lipinski definition) is 0. The molecule has 1 aliphatic heterocycles. The third-order valence-corrected chi connectivity index (χ3v) is 1.85. The summed E-state index contributed by atoms with van der Waals surface area (Å²) in [5.41, 5.74) is 0.607. The van der Waals surface area contributed by atoms with Crippen LogP contribution in [0.4, 0.5) is 0 Å². The first-order valence-corrected chi connectivity index (χ1v) is 4.16. The second-order valence-electron chi connectivity index (χ2n) is 4.05. The van der Waals surface area contributed by atoms with Crippen LogP contribution < -0.4 is 0 Å². The van der Waals surface area contributed by atoms with Gasteiger partial charge in [0, 0.05) is 11.1 Å². The molecule has 0 aromatic carbocycles. The molecule has 1 rings (SSSR count). The lowest BCUT2D eigenvalue weighted by Crippen LogP contribution is -2.24. The molecular weight excluding hydrogens is 164 g/mol. The Morgan fingerprint density at radius 2 is 2.15 bits per heavy atom. The predicted molar refractivity (Wildman–Crippen MR) is 50.1 cm³/mol. The molecule has 1 atom stereocenters. The Bertz CT molecular complexity index is 326. The van der Waals surface area contributed by atoms with Gasteiger partial charge in [-0.3, -0.25) is 4.79 Å². The van der Waals surface area contributed by atoms with Crippen molar-refractivity contribution in [2.24, 2.45) is 16.3 Å². The molecule has 0 saturated carbocycles. The maximum atomic E-state index is 11.2. The molecule has 0 aromatic heterocycles. The van der Waals surface area contributed by atoms with Gasteiger partial charge < -0.3 is 0 Å². The standard InChI is InChI=1S/C10H12N2O/c1-10(2,3)8-5-4-7(6-11)9(13)12-8/h4-5,7H,1-3H3. The van der Waals surface area contributed by atoms with E-state index in [1.54, 1.807) is 12.2 Å². The van der Waals surface area contributed by atoms with Gasteiger partial charge in [-0.2, -0.15) is 5.26 Å². The fraction of sp³-hybridized carbons (Fsp3) is 0.500. The summed E-state index contributed by atoms with van der Waals surface area (Å²) in [4.78, 5) is 15.1. The van der Waals surface area contributed by atoms with Gasteiger partial charge in [0.1, 0.15) is 5.92 Å². The minimum atomic E-state index is -0.689. The van der Waals surface area contributed by atoms with Gasteiger partial charge in [0.05, 0.1) is 6.07 Å². The molecule has 1 heterocycles. The van der Waals surface area contributed by atoms with Gasteiger partial charge in [-0.1, -0.05) is 26.8 Å². The van der Waals surface area contributed by atoms with Crippen LogP contribution in [0.3, 0.4) is 0 Å². The zero-order valence-electron chi connectivity index (χ0n) is 8.03. The van der Waals surface area contributed by atoms with Gasteiger partial charge >= 0.3 is 0 Å². The average molecular weight is 176 g/mol. The average Bonchev–Trinajstić information content (AvgIpc) is 2.02. The van der Waals surface area contributed by atoms with Gasteiger partial charge in [0.15, 0.2) is 0 Å². The van der Waals surface area contributed by atoms with Crippen LogP contribution in [0.5, 0.6) is 0 Å². The summed E-state index contributed by atoms with van der Waals surface area (Å²) >= 11 is 0. The zero-order valence-corrected chi connectivity index (χ0v) is 8.03. The van der Waals surface area contributed by atoms with Crippen molar-refractivity contribution < 1.29 is 4.79 Å². The molecule has 1 unspecified atom stereocenters. The third-order valence-electron chi connectivity index (χ3n) is 1.85. The van der Waals surface area contributed by atoms with Gasteiger partial charge in [0.2, 0.25) is 0 Å². The van der Waals surface area contributed by atoms with E-state index in [1.165, 1.54) is 0 Å². The minimum absolute atomic E-state index is 0.132. The summed E-state index contributed by atoms with van der Waals surface area (Å²) in [5.74, 6) is -1.04. The molecule has 0 fully saturated rings. The normalized spacial score (nSPS) is 22.5. The highest BCUT2D eigenvalue weighted by atomic mass is 16.1. The smallest absolute Gasteiger partial charge is 0.267 e.